The summed E-state index contributed by atoms with van der Waals surface area (Å²) in [6, 6.07) is 59.6. The Hall–Kier alpha value is -6.38. The van der Waals surface area contributed by atoms with Crippen molar-refractivity contribution in [3.05, 3.63) is 164 Å². The monoisotopic (exact) mass is 609 g/mol. The second-order valence-corrected chi connectivity index (χ2v) is 12.8. The summed E-state index contributed by atoms with van der Waals surface area (Å²) in [5.41, 5.74) is 10.5. The maximum atomic E-state index is 6.34. The molecule has 9 aromatic carbocycles. The molecule has 0 saturated carbocycles. The van der Waals surface area contributed by atoms with Gasteiger partial charge in [-0.3, -0.25) is 0 Å². The van der Waals surface area contributed by atoms with Crippen molar-refractivity contribution in [3.63, 3.8) is 0 Å². The molecule has 0 amide bonds. The van der Waals surface area contributed by atoms with Gasteiger partial charge in [-0.25, -0.2) is 0 Å². The van der Waals surface area contributed by atoms with E-state index in [1.54, 1.807) is 0 Å². The van der Waals surface area contributed by atoms with Crippen molar-refractivity contribution >= 4 is 76.1 Å². The van der Waals surface area contributed by atoms with E-state index in [9.17, 15) is 0 Å². The minimum atomic E-state index is 0.939. The average molecular weight is 610 g/mol. The zero-order valence-corrected chi connectivity index (χ0v) is 25.9. The molecule has 2 heteroatoms. The lowest BCUT2D eigenvalue weighted by molar-refractivity contribution is 0.669. The van der Waals surface area contributed by atoms with E-state index in [1.807, 2.05) is 0 Å². The number of hydrogen-bond donors (Lipinski definition) is 0. The summed E-state index contributed by atoms with van der Waals surface area (Å²) >= 11 is 0. The summed E-state index contributed by atoms with van der Waals surface area (Å²) in [7, 11) is 0. The van der Waals surface area contributed by atoms with Gasteiger partial charge in [-0.2, -0.15) is 0 Å². The number of fused-ring (bicyclic) bond motifs is 5. The van der Waals surface area contributed by atoms with Crippen molar-refractivity contribution < 1.29 is 4.42 Å². The Morgan fingerprint density at radius 3 is 1.50 bits per heavy atom. The van der Waals surface area contributed by atoms with E-state index in [4.69, 9.17) is 4.42 Å². The smallest absolute Gasteiger partial charge is 0.136 e. The number of hydrogen-bond acceptors (Lipinski definition) is 1. The third-order valence-corrected chi connectivity index (χ3v) is 10.3. The van der Waals surface area contributed by atoms with Gasteiger partial charge in [0.25, 0.3) is 0 Å². The topological polar surface area (TPSA) is 18.1 Å². The van der Waals surface area contributed by atoms with Crippen LogP contribution in [0.25, 0.3) is 104 Å². The predicted octanol–water partition coefficient (Wildman–Crippen LogP) is 12.9. The summed E-state index contributed by atoms with van der Waals surface area (Å²) in [4.78, 5) is 0. The van der Waals surface area contributed by atoms with Gasteiger partial charge in [-0.15, -0.1) is 0 Å². The molecule has 222 valence electrons. The van der Waals surface area contributed by atoms with Crippen LogP contribution in [0.15, 0.2) is 168 Å². The Morgan fingerprint density at radius 2 is 0.875 bits per heavy atom. The largest absolute Gasteiger partial charge is 0.456 e. The summed E-state index contributed by atoms with van der Waals surface area (Å²) in [5, 5.41) is 12.4. The third-order valence-electron chi connectivity index (χ3n) is 10.3. The molecule has 0 bridgehead atoms. The number of rotatable bonds is 3. The lowest BCUT2D eigenvalue weighted by Crippen LogP contribution is -1.95. The normalized spacial score (nSPS) is 12.2. The molecule has 0 spiro atoms. The summed E-state index contributed by atoms with van der Waals surface area (Å²) in [5.74, 6) is 0. The highest BCUT2D eigenvalue weighted by atomic mass is 16.3. The molecule has 0 atom stereocenters. The molecule has 0 fully saturated rings. The molecular weight excluding hydrogens is 583 g/mol. The molecule has 0 saturated heterocycles. The molecule has 48 heavy (non-hydrogen) atoms. The van der Waals surface area contributed by atoms with E-state index < -0.39 is 0 Å². The van der Waals surface area contributed by atoms with Gasteiger partial charge in [0.15, 0.2) is 0 Å². The summed E-state index contributed by atoms with van der Waals surface area (Å²) < 4.78 is 8.72. The number of para-hydroxylation sites is 2. The lowest BCUT2D eigenvalue weighted by atomic mass is 9.84. The highest BCUT2D eigenvalue weighted by Gasteiger charge is 2.21. The fourth-order valence-corrected chi connectivity index (χ4v) is 8.39. The molecule has 2 nitrogen and oxygen atoms in total. The van der Waals surface area contributed by atoms with Crippen LogP contribution in [-0.4, -0.2) is 4.57 Å². The lowest BCUT2D eigenvalue weighted by Gasteiger charge is -2.19. The molecule has 11 rings (SSSR count). The maximum absolute atomic E-state index is 6.34. The van der Waals surface area contributed by atoms with Gasteiger partial charge in [-0.1, -0.05) is 121 Å². The van der Waals surface area contributed by atoms with Crippen LogP contribution in [0.1, 0.15) is 0 Å². The van der Waals surface area contributed by atoms with E-state index >= 15 is 0 Å². The summed E-state index contributed by atoms with van der Waals surface area (Å²) in [6.45, 7) is 0. The Balaban J connectivity index is 1.18. The number of nitrogens with zero attached hydrogens (tertiary/aromatic N) is 1. The third kappa shape index (κ3) is 3.41. The number of benzene rings is 9. The molecule has 0 aliphatic rings. The second-order valence-electron chi connectivity index (χ2n) is 12.8. The van der Waals surface area contributed by atoms with Crippen molar-refractivity contribution in [1.82, 2.24) is 4.57 Å². The molecule has 2 heterocycles. The fraction of sp³-hybridized carbons (Fsp3) is 0. The van der Waals surface area contributed by atoms with Crippen LogP contribution in [0.5, 0.6) is 0 Å². The van der Waals surface area contributed by atoms with Crippen LogP contribution in [0.4, 0.5) is 0 Å². The fourth-order valence-electron chi connectivity index (χ4n) is 8.39. The van der Waals surface area contributed by atoms with Crippen LogP contribution in [0.3, 0.4) is 0 Å². The molecule has 0 radical (unpaired) electrons. The van der Waals surface area contributed by atoms with E-state index in [-0.39, 0.29) is 0 Å². The van der Waals surface area contributed by atoms with E-state index in [2.05, 4.69) is 168 Å². The maximum Gasteiger partial charge on any atom is 0.136 e. The summed E-state index contributed by atoms with van der Waals surface area (Å²) in [6.07, 6.45) is 0. The SMILES string of the molecule is c1cc2cc(-c3c4ccccc4c(-c4ccc(-n5c6ccccc6c6ccccc65)cc4)c4ccccc34)c3cccc4oc(c1)c2c43. The Morgan fingerprint density at radius 1 is 0.375 bits per heavy atom. The predicted molar refractivity (Wildman–Crippen MR) is 203 cm³/mol. The standard InChI is InChI=1S/C46H27NO/c1-3-16-35-33(14-1)43(28-23-25-30(26-24-28)47-39-19-7-5-12-31(39)32-13-6-8-20-40(32)47)34-15-2-4-17-36(34)45(35)38-27-29-11-9-21-41-44(29)46-37(38)18-10-22-42(46)48-41/h1-27H. The molecule has 11 aromatic rings. The molecule has 0 unspecified atom stereocenters. The van der Waals surface area contributed by atoms with Crippen molar-refractivity contribution in [2.24, 2.45) is 0 Å². The van der Waals surface area contributed by atoms with Crippen LogP contribution in [0.2, 0.25) is 0 Å². The van der Waals surface area contributed by atoms with Crippen LogP contribution < -0.4 is 0 Å². The van der Waals surface area contributed by atoms with Crippen LogP contribution >= 0.6 is 0 Å². The van der Waals surface area contributed by atoms with Gasteiger partial charge >= 0.3 is 0 Å². The van der Waals surface area contributed by atoms with Gasteiger partial charge in [-0.05, 0) is 97.0 Å². The molecule has 0 aliphatic carbocycles. The minimum absolute atomic E-state index is 0.939. The zero-order valence-electron chi connectivity index (χ0n) is 25.9. The second kappa shape index (κ2) is 9.57. The highest BCUT2D eigenvalue weighted by Crippen LogP contribution is 2.48. The van der Waals surface area contributed by atoms with Crippen molar-refractivity contribution in [2.45, 2.75) is 0 Å². The Labute approximate surface area is 276 Å². The van der Waals surface area contributed by atoms with Crippen LogP contribution in [0, 0.1) is 0 Å². The van der Waals surface area contributed by atoms with E-state index in [1.165, 1.54) is 87.1 Å². The van der Waals surface area contributed by atoms with Crippen molar-refractivity contribution in [3.8, 4) is 27.9 Å². The van der Waals surface area contributed by atoms with Gasteiger partial charge < -0.3 is 8.98 Å². The molecular formula is C46H27NO. The van der Waals surface area contributed by atoms with Gasteiger partial charge in [0.2, 0.25) is 0 Å². The van der Waals surface area contributed by atoms with Crippen molar-refractivity contribution in [1.29, 1.82) is 0 Å². The molecule has 0 N–H and O–H groups in total. The van der Waals surface area contributed by atoms with Gasteiger partial charge in [0.1, 0.15) is 11.2 Å². The first-order valence-corrected chi connectivity index (χ1v) is 16.5. The number of aromatic nitrogens is 1. The molecule has 2 aromatic heterocycles. The van der Waals surface area contributed by atoms with E-state index in [0.717, 1.165) is 16.9 Å². The average Bonchev–Trinajstić information content (AvgIpc) is 3.70. The van der Waals surface area contributed by atoms with E-state index in [0.29, 0.717) is 0 Å². The zero-order chi connectivity index (χ0) is 31.3. The quantitative estimate of drug-likeness (QED) is 0.144. The highest BCUT2D eigenvalue weighted by molar-refractivity contribution is 6.29. The van der Waals surface area contributed by atoms with Gasteiger partial charge in [0, 0.05) is 27.2 Å². The van der Waals surface area contributed by atoms with Crippen LogP contribution in [-0.2, 0) is 0 Å². The Bertz CT molecular complexity index is 2940. The van der Waals surface area contributed by atoms with Gasteiger partial charge in [0.05, 0.1) is 11.0 Å². The minimum Gasteiger partial charge on any atom is -0.456 e. The Kier molecular flexibility index (Phi) is 5.14. The number of furan rings is 1. The molecule has 0 aliphatic heterocycles. The first-order valence-electron chi connectivity index (χ1n) is 16.5. The van der Waals surface area contributed by atoms with Crippen molar-refractivity contribution in [2.75, 3.05) is 0 Å². The first-order chi connectivity index (χ1) is 23.8. The first kappa shape index (κ1) is 25.8.